The summed E-state index contributed by atoms with van der Waals surface area (Å²) in [5, 5.41) is 8.69. The summed E-state index contributed by atoms with van der Waals surface area (Å²) >= 11 is 6.25. The number of halogens is 1. The number of carbonyl (C=O) groups excluding carboxylic acids is 1. The maximum Gasteiger partial charge on any atom is 0.312 e. The number of benzene rings is 1. The lowest BCUT2D eigenvalue weighted by molar-refractivity contribution is -0.182. The lowest BCUT2D eigenvalue weighted by Gasteiger charge is -2.30. The lowest BCUT2D eigenvalue weighted by atomic mass is 10.0. The molecule has 0 aliphatic carbocycles. The van der Waals surface area contributed by atoms with E-state index in [-0.39, 0.29) is 12.9 Å². The molecule has 4 rings (SSSR count). The van der Waals surface area contributed by atoms with Gasteiger partial charge in [-0.25, -0.2) is 9.78 Å². The van der Waals surface area contributed by atoms with Crippen molar-refractivity contribution in [2.24, 2.45) is 5.73 Å². The van der Waals surface area contributed by atoms with Crippen LogP contribution in [0.15, 0.2) is 42.6 Å². The van der Waals surface area contributed by atoms with E-state index in [0.717, 1.165) is 48.0 Å². The molecular weight excluding hydrogens is 482 g/mol. The summed E-state index contributed by atoms with van der Waals surface area (Å²) in [4.78, 5) is 16.4. The van der Waals surface area contributed by atoms with Crippen LogP contribution >= 0.6 is 11.6 Å². The molecule has 1 saturated heterocycles. The van der Waals surface area contributed by atoms with E-state index < -0.39 is 18.2 Å². The molecule has 0 spiro atoms. The van der Waals surface area contributed by atoms with Crippen LogP contribution in [0, 0.1) is 0 Å². The van der Waals surface area contributed by atoms with Gasteiger partial charge in [0.1, 0.15) is 11.3 Å². The van der Waals surface area contributed by atoms with Crippen LogP contribution in [0.5, 0.6) is 0 Å². The number of nitrogens with one attached hydrogen (secondary N) is 1. The van der Waals surface area contributed by atoms with E-state index in [0.29, 0.717) is 31.2 Å². The van der Waals surface area contributed by atoms with Gasteiger partial charge in [-0.3, -0.25) is 4.68 Å². The second-order valence-electron chi connectivity index (χ2n) is 8.83. The van der Waals surface area contributed by atoms with Gasteiger partial charge in [0.15, 0.2) is 6.29 Å². The van der Waals surface area contributed by atoms with Gasteiger partial charge in [0.2, 0.25) is 0 Å². The average Bonchev–Trinajstić information content (AvgIpc) is 3.31. The van der Waals surface area contributed by atoms with E-state index in [1.54, 1.807) is 0 Å². The molecule has 1 aliphatic rings. The molecule has 3 N–H and O–H groups in total. The number of hydrogen-bond acceptors (Lipinski definition) is 6. The van der Waals surface area contributed by atoms with E-state index in [4.69, 9.17) is 31.5 Å². The van der Waals surface area contributed by atoms with Crippen molar-refractivity contribution in [1.82, 2.24) is 20.1 Å². The van der Waals surface area contributed by atoms with Gasteiger partial charge in [0.25, 0.3) is 0 Å². The topological polar surface area (TPSA) is 114 Å². The Labute approximate surface area is 216 Å². The highest BCUT2D eigenvalue weighted by molar-refractivity contribution is 6.30. The van der Waals surface area contributed by atoms with Crippen LogP contribution in [0.4, 0.5) is 4.79 Å². The SMILES string of the molecule is CCn1ncc2cc(Cl)nc(CCCOC(COC3CCCCO3)C(NC(N)=O)c3ccccc3)c21. The van der Waals surface area contributed by atoms with Gasteiger partial charge in [0.05, 0.1) is 30.1 Å². The Morgan fingerprint density at radius 1 is 1.33 bits per heavy atom. The second-order valence-corrected chi connectivity index (χ2v) is 9.22. The van der Waals surface area contributed by atoms with Gasteiger partial charge in [-0.05, 0) is 50.7 Å². The van der Waals surface area contributed by atoms with Crippen LogP contribution in [-0.4, -0.2) is 53.0 Å². The van der Waals surface area contributed by atoms with Crippen LogP contribution < -0.4 is 11.1 Å². The number of ether oxygens (including phenoxy) is 3. The van der Waals surface area contributed by atoms with E-state index in [1.165, 1.54) is 0 Å². The number of nitrogens with zero attached hydrogens (tertiary/aromatic N) is 3. The average molecular weight is 516 g/mol. The second kappa shape index (κ2) is 13.0. The fraction of sp³-hybridized carbons (Fsp3) is 0.500. The summed E-state index contributed by atoms with van der Waals surface area (Å²) in [6, 6.07) is 10.4. The fourth-order valence-electron chi connectivity index (χ4n) is 4.54. The van der Waals surface area contributed by atoms with Crippen molar-refractivity contribution in [2.45, 2.75) is 64.0 Å². The molecule has 36 heavy (non-hydrogen) atoms. The van der Waals surface area contributed by atoms with E-state index in [1.807, 2.05) is 54.2 Å². The standard InChI is InChI=1S/C26H34ClN5O4/c1-2-32-25-19(16-29-32)15-22(27)30-20(25)11-8-14-34-21(17-36-23-12-6-7-13-35-23)24(31-26(28)33)18-9-4-3-5-10-18/h3-5,9-10,15-16,21,23-24H,2,6-8,11-14,17H2,1H3,(H3,28,31,33). The summed E-state index contributed by atoms with van der Waals surface area (Å²) in [6.45, 7) is 4.17. The Balaban J connectivity index is 1.45. The molecule has 2 aromatic heterocycles. The van der Waals surface area contributed by atoms with Gasteiger partial charge < -0.3 is 25.3 Å². The van der Waals surface area contributed by atoms with Crippen molar-refractivity contribution < 1.29 is 19.0 Å². The molecule has 1 aliphatic heterocycles. The minimum atomic E-state index is -0.621. The molecule has 0 radical (unpaired) electrons. The lowest BCUT2D eigenvalue weighted by Crippen LogP contribution is -2.43. The molecule has 0 bridgehead atoms. The number of aromatic nitrogens is 3. The number of rotatable bonds is 12. The Hall–Kier alpha value is -2.72. The first-order chi connectivity index (χ1) is 17.5. The van der Waals surface area contributed by atoms with Crippen molar-refractivity contribution in [3.05, 3.63) is 59.0 Å². The number of fused-ring (bicyclic) bond motifs is 1. The van der Waals surface area contributed by atoms with E-state index in [9.17, 15) is 4.79 Å². The third kappa shape index (κ3) is 6.94. The number of hydrogen-bond donors (Lipinski definition) is 2. The smallest absolute Gasteiger partial charge is 0.312 e. The molecule has 10 heteroatoms. The Kier molecular flexibility index (Phi) is 9.52. The number of aryl methyl sites for hydroxylation is 2. The Morgan fingerprint density at radius 2 is 2.17 bits per heavy atom. The summed E-state index contributed by atoms with van der Waals surface area (Å²) < 4.78 is 20.0. The Morgan fingerprint density at radius 3 is 2.89 bits per heavy atom. The maximum absolute atomic E-state index is 11.9. The molecule has 1 aromatic carbocycles. The molecule has 3 unspecified atom stereocenters. The number of urea groups is 1. The van der Waals surface area contributed by atoms with Crippen molar-refractivity contribution in [3.8, 4) is 0 Å². The zero-order chi connectivity index (χ0) is 25.3. The minimum absolute atomic E-state index is 0.257. The van der Waals surface area contributed by atoms with Crippen LogP contribution in [0.2, 0.25) is 5.15 Å². The molecule has 9 nitrogen and oxygen atoms in total. The third-order valence-corrected chi connectivity index (χ3v) is 6.45. The highest BCUT2D eigenvalue weighted by atomic mass is 35.5. The predicted molar refractivity (Wildman–Crippen MR) is 138 cm³/mol. The minimum Gasteiger partial charge on any atom is -0.373 e. The first kappa shape index (κ1) is 26.3. The quantitative estimate of drug-likeness (QED) is 0.273. The van der Waals surface area contributed by atoms with Crippen molar-refractivity contribution in [2.75, 3.05) is 19.8 Å². The van der Waals surface area contributed by atoms with Gasteiger partial charge >= 0.3 is 6.03 Å². The van der Waals surface area contributed by atoms with Gasteiger partial charge in [-0.2, -0.15) is 5.10 Å². The summed E-state index contributed by atoms with van der Waals surface area (Å²) in [5.74, 6) is 0. The highest BCUT2D eigenvalue weighted by Gasteiger charge is 2.27. The molecule has 194 valence electrons. The molecule has 3 atom stereocenters. The van der Waals surface area contributed by atoms with Crippen LogP contribution in [0.25, 0.3) is 10.9 Å². The zero-order valence-corrected chi connectivity index (χ0v) is 21.3. The largest absolute Gasteiger partial charge is 0.373 e. The van der Waals surface area contributed by atoms with Gasteiger partial charge in [-0.1, -0.05) is 41.9 Å². The van der Waals surface area contributed by atoms with Crippen LogP contribution in [0.1, 0.15) is 49.9 Å². The maximum atomic E-state index is 11.9. The number of pyridine rings is 1. The fourth-order valence-corrected chi connectivity index (χ4v) is 4.76. The first-order valence-corrected chi connectivity index (χ1v) is 12.9. The normalized spacial score (nSPS) is 17.7. The number of amides is 2. The van der Waals surface area contributed by atoms with E-state index >= 15 is 0 Å². The molecule has 2 amide bonds. The summed E-state index contributed by atoms with van der Waals surface area (Å²) in [6.07, 6.45) is 5.39. The van der Waals surface area contributed by atoms with Gasteiger partial charge in [0, 0.05) is 25.1 Å². The van der Waals surface area contributed by atoms with Crippen LogP contribution in [0.3, 0.4) is 0 Å². The molecule has 1 fully saturated rings. The van der Waals surface area contributed by atoms with Gasteiger partial charge in [-0.15, -0.1) is 0 Å². The van der Waals surface area contributed by atoms with Crippen LogP contribution in [-0.2, 0) is 27.2 Å². The zero-order valence-electron chi connectivity index (χ0n) is 20.6. The number of carbonyl (C=O) groups is 1. The highest BCUT2D eigenvalue weighted by Crippen LogP contribution is 2.24. The molecule has 3 aromatic rings. The summed E-state index contributed by atoms with van der Waals surface area (Å²) in [7, 11) is 0. The van der Waals surface area contributed by atoms with Crippen molar-refractivity contribution in [3.63, 3.8) is 0 Å². The van der Waals surface area contributed by atoms with Crippen molar-refractivity contribution in [1.29, 1.82) is 0 Å². The van der Waals surface area contributed by atoms with Crippen molar-refractivity contribution >= 4 is 28.5 Å². The molecule has 3 heterocycles. The summed E-state index contributed by atoms with van der Waals surface area (Å²) in [5.41, 5.74) is 8.29. The third-order valence-electron chi connectivity index (χ3n) is 6.26. The molecule has 0 saturated carbocycles. The predicted octanol–water partition coefficient (Wildman–Crippen LogP) is 4.38. The molecular formula is C26H34ClN5O4. The Bertz CT molecular complexity index is 1120. The first-order valence-electron chi connectivity index (χ1n) is 12.5. The monoisotopic (exact) mass is 515 g/mol. The van der Waals surface area contributed by atoms with E-state index in [2.05, 4.69) is 15.4 Å². The number of nitrogens with two attached hydrogens (primary N) is 1. The number of primary amides is 1.